The summed E-state index contributed by atoms with van der Waals surface area (Å²) in [5.74, 6) is -0.662. The average Bonchev–Trinajstić information content (AvgIpc) is 2.34. The summed E-state index contributed by atoms with van der Waals surface area (Å²) in [4.78, 5) is 20.3. The Bertz CT molecular complexity index is 225. The molecule has 0 spiro atoms. The molecule has 1 unspecified atom stereocenters. The number of rotatable bonds is 6. The van der Waals surface area contributed by atoms with Crippen molar-refractivity contribution in [1.29, 1.82) is 0 Å². The lowest BCUT2D eigenvalue weighted by Gasteiger charge is -2.02. The Hall–Kier alpha value is -0.790. The fourth-order valence-electron chi connectivity index (χ4n) is 0.671. The molecule has 0 aliphatic rings. The van der Waals surface area contributed by atoms with E-state index in [9.17, 15) is 9.59 Å². The van der Waals surface area contributed by atoms with Crippen molar-refractivity contribution in [3.05, 3.63) is 0 Å². The first-order chi connectivity index (χ1) is 7.90. The van der Waals surface area contributed by atoms with Gasteiger partial charge in [-0.25, -0.2) is 4.79 Å². The number of carboxylic acids is 1. The lowest BCUT2D eigenvalue weighted by Crippen LogP contribution is -2.30. The Balaban J connectivity index is 0. The quantitative estimate of drug-likeness (QED) is 0.585. The number of hydrogen-bond donors (Lipinski definition) is 3. The van der Waals surface area contributed by atoms with Gasteiger partial charge in [-0.2, -0.15) is 11.8 Å². The van der Waals surface area contributed by atoms with Crippen LogP contribution in [0, 0.1) is 0 Å². The van der Waals surface area contributed by atoms with Gasteiger partial charge in [0, 0.05) is 0 Å². The molecule has 0 fully saturated rings. The monoisotopic (exact) mass is 267 g/mol. The molecule has 0 amide bonds. The Kier molecular flexibility index (Phi) is 12.8. The van der Waals surface area contributed by atoms with Crippen molar-refractivity contribution in [3.63, 3.8) is 0 Å². The molecule has 0 aliphatic carbocycles. The number of ether oxygens (including phenoxy) is 1. The van der Waals surface area contributed by atoms with Crippen LogP contribution in [0.4, 0.5) is 0 Å². The maximum Gasteiger partial charge on any atom is 0.334 e. The minimum absolute atomic E-state index is 0.409. The number of esters is 1. The van der Waals surface area contributed by atoms with Gasteiger partial charge in [-0.1, -0.05) is 6.92 Å². The number of aliphatic hydroxyl groups is 1. The summed E-state index contributed by atoms with van der Waals surface area (Å²) in [5, 5.41) is 16.9. The molecule has 0 aliphatic heterocycles. The standard InChI is InChI=1S/C5H11NO2S.C5H10O3/c1-9-3-2-4(6)5(7)8;1-3-4(6)5(7)8-2/h4H,2-3,6H2,1H3,(H,7,8);4,6H,3H2,1-2H3/t4-;/m0./s1. The number of aliphatic carboxylic acids is 1. The van der Waals surface area contributed by atoms with Crippen molar-refractivity contribution in [2.45, 2.75) is 31.9 Å². The maximum absolute atomic E-state index is 10.3. The van der Waals surface area contributed by atoms with E-state index in [2.05, 4.69) is 4.74 Å². The van der Waals surface area contributed by atoms with Gasteiger partial charge in [0.2, 0.25) is 0 Å². The van der Waals surface area contributed by atoms with Crippen LogP contribution in [0.3, 0.4) is 0 Å². The summed E-state index contributed by atoms with van der Waals surface area (Å²) in [6, 6.07) is -0.683. The molecule has 0 saturated carbocycles. The summed E-state index contributed by atoms with van der Waals surface area (Å²) in [6.45, 7) is 1.71. The van der Waals surface area contributed by atoms with E-state index in [1.54, 1.807) is 18.7 Å². The maximum atomic E-state index is 10.3. The normalized spacial score (nSPS) is 13.0. The zero-order valence-corrected chi connectivity index (χ0v) is 11.2. The lowest BCUT2D eigenvalue weighted by molar-refractivity contribution is -0.150. The summed E-state index contributed by atoms with van der Waals surface area (Å²) in [5.41, 5.74) is 5.19. The van der Waals surface area contributed by atoms with Crippen molar-refractivity contribution in [2.75, 3.05) is 19.1 Å². The van der Waals surface area contributed by atoms with Crippen LogP contribution in [0.15, 0.2) is 0 Å². The minimum atomic E-state index is -0.944. The molecule has 0 saturated heterocycles. The van der Waals surface area contributed by atoms with E-state index >= 15 is 0 Å². The molecule has 7 heteroatoms. The van der Waals surface area contributed by atoms with E-state index in [1.165, 1.54) is 7.11 Å². The summed E-state index contributed by atoms with van der Waals surface area (Å²) >= 11 is 1.60. The fourth-order valence-corrected chi connectivity index (χ4v) is 1.16. The van der Waals surface area contributed by atoms with E-state index in [-0.39, 0.29) is 0 Å². The summed E-state index contributed by atoms with van der Waals surface area (Å²) in [6.07, 6.45) is 1.94. The molecule has 0 aromatic heterocycles. The molecular formula is C10H21NO5S. The van der Waals surface area contributed by atoms with Crippen LogP contribution in [-0.4, -0.2) is 53.4 Å². The predicted octanol–water partition coefficient (Wildman–Crippen LogP) is 0.0817. The second-order valence-electron chi connectivity index (χ2n) is 3.17. The highest BCUT2D eigenvalue weighted by Crippen LogP contribution is 1.97. The van der Waals surface area contributed by atoms with Crippen LogP contribution >= 0.6 is 11.8 Å². The number of thioether (sulfide) groups is 1. The lowest BCUT2D eigenvalue weighted by atomic mass is 10.2. The van der Waals surface area contributed by atoms with Crippen molar-refractivity contribution in [1.82, 2.24) is 0 Å². The third kappa shape index (κ3) is 11.5. The van der Waals surface area contributed by atoms with Crippen LogP contribution in [0.1, 0.15) is 19.8 Å². The third-order valence-corrected chi connectivity index (χ3v) is 2.45. The van der Waals surface area contributed by atoms with Crippen LogP contribution in [0.2, 0.25) is 0 Å². The zero-order chi connectivity index (χ0) is 13.8. The van der Waals surface area contributed by atoms with E-state index in [1.807, 2.05) is 6.26 Å². The summed E-state index contributed by atoms with van der Waals surface area (Å²) < 4.78 is 4.21. The van der Waals surface area contributed by atoms with E-state index in [4.69, 9.17) is 15.9 Å². The first kappa shape index (κ1) is 18.6. The SMILES string of the molecule is CCC(O)C(=O)OC.CSCC[C@H](N)C(=O)O. The van der Waals surface area contributed by atoms with Crippen LogP contribution in [0.25, 0.3) is 0 Å². The number of methoxy groups -OCH3 is 1. The smallest absolute Gasteiger partial charge is 0.334 e. The van der Waals surface area contributed by atoms with Gasteiger partial charge in [0.25, 0.3) is 0 Å². The Morgan fingerprint density at radius 3 is 2.24 bits per heavy atom. The Labute approximate surface area is 106 Å². The van der Waals surface area contributed by atoms with E-state index < -0.39 is 24.1 Å². The Morgan fingerprint density at radius 2 is 2.00 bits per heavy atom. The second kappa shape index (κ2) is 11.7. The molecule has 6 nitrogen and oxygen atoms in total. The molecule has 102 valence electrons. The topological polar surface area (TPSA) is 110 Å². The van der Waals surface area contributed by atoms with E-state index in [0.717, 1.165) is 5.75 Å². The van der Waals surface area contributed by atoms with Gasteiger partial charge in [-0.3, -0.25) is 4.79 Å². The first-order valence-corrected chi connectivity index (χ1v) is 6.53. The van der Waals surface area contributed by atoms with Crippen molar-refractivity contribution < 1.29 is 24.5 Å². The van der Waals surface area contributed by atoms with Crippen LogP contribution in [0.5, 0.6) is 0 Å². The number of carbonyl (C=O) groups is 2. The van der Waals surface area contributed by atoms with Crippen molar-refractivity contribution >= 4 is 23.7 Å². The number of carboxylic acid groups (broad SMARTS) is 1. The summed E-state index contributed by atoms with van der Waals surface area (Å²) in [7, 11) is 1.25. The Morgan fingerprint density at radius 1 is 1.47 bits per heavy atom. The molecule has 0 radical (unpaired) electrons. The average molecular weight is 267 g/mol. The molecule has 2 atom stereocenters. The fraction of sp³-hybridized carbons (Fsp3) is 0.800. The largest absolute Gasteiger partial charge is 0.480 e. The highest BCUT2D eigenvalue weighted by atomic mass is 32.2. The van der Waals surface area contributed by atoms with Crippen LogP contribution in [-0.2, 0) is 14.3 Å². The molecule has 0 heterocycles. The predicted molar refractivity (Wildman–Crippen MR) is 66.9 cm³/mol. The van der Waals surface area contributed by atoms with Gasteiger partial charge in [0.1, 0.15) is 6.04 Å². The molecule has 0 bridgehead atoms. The zero-order valence-electron chi connectivity index (χ0n) is 10.4. The van der Waals surface area contributed by atoms with Gasteiger partial charge in [0.15, 0.2) is 6.10 Å². The molecule has 0 rings (SSSR count). The van der Waals surface area contributed by atoms with Gasteiger partial charge in [-0.05, 0) is 24.9 Å². The number of carbonyl (C=O) groups excluding carboxylic acids is 1. The molecular weight excluding hydrogens is 246 g/mol. The molecule has 4 N–H and O–H groups in total. The van der Waals surface area contributed by atoms with Crippen molar-refractivity contribution in [2.24, 2.45) is 5.73 Å². The third-order valence-electron chi connectivity index (χ3n) is 1.81. The molecule has 17 heavy (non-hydrogen) atoms. The number of hydrogen-bond acceptors (Lipinski definition) is 6. The number of nitrogens with two attached hydrogens (primary N) is 1. The van der Waals surface area contributed by atoms with Gasteiger partial charge < -0.3 is 20.7 Å². The van der Waals surface area contributed by atoms with Gasteiger partial charge in [-0.15, -0.1) is 0 Å². The van der Waals surface area contributed by atoms with Gasteiger partial charge >= 0.3 is 11.9 Å². The molecule has 0 aromatic rings. The number of aliphatic hydroxyl groups excluding tert-OH is 1. The second-order valence-corrected chi connectivity index (χ2v) is 4.16. The van der Waals surface area contributed by atoms with Gasteiger partial charge in [0.05, 0.1) is 7.11 Å². The highest BCUT2D eigenvalue weighted by molar-refractivity contribution is 7.98. The van der Waals surface area contributed by atoms with Crippen LogP contribution < -0.4 is 5.73 Å². The van der Waals surface area contributed by atoms with Crippen molar-refractivity contribution in [3.8, 4) is 0 Å². The minimum Gasteiger partial charge on any atom is -0.480 e. The molecule has 0 aromatic carbocycles. The first-order valence-electron chi connectivity index (χ1n) is 5.13. The van der Waals surface area contributed by atoms with E-state index in [0.29, 0.717) is 12.8 Å². The highest BCUT2D eigenvalue weighted by Gasteiger charge is 2.10.